The Labute approximate surface area is 198 Å². The maximum absolute atomic E-state index is 7.18. The number of benzene rings is 3. The van der Waals surface area contributed by atoms with E-state index in [1.807, 2.05) is 19.1 Å². The minimum absolute atomic E-state index is 0.200. The summed E-state index contributed by atoms with van der Waals surface area (Å²) in [6, 6.07) is 25.2. The molecule has 0 aliphatic rings. The molecule has 33 heavy (non-hydrogen) atoms. The highest BCUT2D eigenvalue weighted by Crippen LogP contribution is 2.44. The molecule has 172 valence electrons. The van der Waals surface area contributed by atoms with Crippen molar-refractivity contribution in [2.24, 2.45) is 5.41 Å². The molecule has 4 nitrogen and oxygen atoms in total. The maximum Gasteiger partial charge on any atom is 0.240 e. The molecular weight excluding hydrogens is 426 g/mol. The zero-order valence-electron chi connectivity index (χ0n) is 20.2. The molecule has 0 aliphatic carbocycles. The summed E-state index contributed by atoms with van der Waals surface area (Å²) in [6.45, 7) is 11.4. The lowest BCUT2D eigenvalue weighted by molar-refractivity contribution is 0.0863. The van der Waals surface area contributed by atoms with E-state index < -0.39 is 9.04 Å². The van der Waals surface area contributed by atoms with Crippen molar-refractivity contribution in [2.45, 2.75) is 47.1 Å². The van der Waals surface area contributed by atoms with Crippen LogP contribution >= 0.6 is 0 Å². The Morgan fingerprint density at radius 1 is 0.909 bits per heavy atom. The van der Waals surface area contributed by atoms with Gasteiger partial charge in [0, 0.05) is 5.39 Å². The van der Waals surface area contributed by atoms with E-state index in [0.29, 0.717) is 6.61 Å². The number of aromatic nitrogens is 1. The summed E-state index contributed by atoms with van der Waals surface area (Å²) in [5.74, 6) is 0.814. The molecular formula is C28H33NO3Si. The number of aryl methyl sites for hydroxylation is 1. The second-order valence-corrected chi connectivity index (χ2v) is 11.9. The summed E-state index contributed by atoms with van der Waals surface area (Å²) in [5, 5.41) is 7.76. The Morgan fingerprint density at radius 2 is 1.52 bits per heavy atom. The normalized spacial score (nSPS) is 12.9. The van der Waals surface area contributed by atoms with E-state index in [0.717, 1.165) is 34.4 Å². The minimum atomic E-state index is -2.02. The molecule has 0 aliphatic heterocycles. The summed E-state index contributed by atoms with van der Waals surface area (Å²) in [6.07, 6.45) is 0.691. The molecule has 4 rings (SSSR count). The third-order valence-electron chi connectivity index (χ3n) is 5.81. The summed E-state index contributed by atoms with van der Waals surface area (Å²) in [4.78, 5) is 0. The van der Waals surface area contributed by atoms with Gasteiger partial charge >= 0.3 is 0 Å². The van der Waals surface area contributed by atoms with Gasteiger partial charge in [0.15, 0.2) is 5.58 Å². The van der Waals surface area contributed by atoms with Crippen LogP contribution in [-0.2, 0) is 4.43 Å². The monoisotopic (exact) mass is 459 g/mol. The Balaban J connectivity index is 1.88. The fraction of sp³-hybridized carbons (Fsp3) is 0.321. The van der Waals surface area contributed by atoms with Gasteiger partial charge in [0.25, 0.3) is 0 Å². The molecule has 0 amide bonds. The molecule has 0 saturated heterocycles. The van der Waals surface area contributed by atoms with Crippen molar-refractivity contribution < 1.29 is 13.7 Å². The fourth-order valence-electron chi connectivity index (χ4n) is 4.16. The van der Waals surface area contributed by atoms with Crippen LogP contribution in [0.15, 0.2) is 77.3 Å². The van der Waals surface area contributed by atoms with Crippen LogP contribution in [0.5, 0.6) is 5.75 Å². The zero-order chi connectivity index (χ0) is 23.4. The molecule has 0 spiro atoms. The second kappa shape index (κ2) is 9.94. The Bertz CT molecular complexity index is 1140. The number of rotatable bonds is 8. The highest BCUT2D eigenvalue weighted by atomic mass is 28.3. The second-order valence-electron chi connectivity index (χ2n) is 9.55. The summed E-state index contributed by atoms with van der Waals surface area (Å²) in [5.41, 5.74) is 2.39. The molecule has 1 aromatic heterocycles. The first-order chi connectivity index (χ1) is 15.9. The smallest absolute Gasteiger partial charge is 0.240 e. The first-order valence-electron chi connectivity index (χ1n) is 11.7. The molecule has 5 heteroatoms. The van der Waals surface area contributed by atoms with Gasteiger partial charge in [-0.2, -0.15) is 0 Å². The van der Waals surface area contributed by atoms with Gasteiger partial charge in [-0.05, 0) is 41.3 Å². The summed E-state index contributed by atoms with van der Waals surface area (Å²) >= 11 is 0. The lowest BCUT2D eigenvalue weighted by Crippen LogP contribution is -2.47. The van der Waals surface area contributed by atoms with Crippen LogP contribution in [0, 0.1) is 12.3 Å². The zero-order valence-corrected chi connectivity index (χ0v) is 21.3. The van der Waals surface area contributed by atoms with Crippen LogP contribution < -0.4 is 15.1 Å². The van der Waals surface area contributed by atoms with Gasteiger partial charge in [-0.15, -0.1) is 0 Å². The van der Waals surface area contributed by atoms with Gasteiger partial charge in [-0.25, -0.2) is 0 Å². The molecule has 3 aromatic carbocycles. The van der Waals surface area contributed by atoms with Crippen LogP contribution in [0.4, 0.5) is 0 Å². The van der Waals surface area contributed by atoms with Gasteiger partial charge in [0.05, 0.1) is 24.0 Å². The van der Waals surface area contributed by atoms with Gasteiger partial charge < -0.3 is 13.7 Å². The highest BCUT2D eigenvalue weighted by molar-refractivity contribution is 6.80. The standard InChI is InChI=1S/C28H33NO3Si/c1-6-19-30-24-18-17-23-20(2)29-31-26(23)25(24)27(28(3,4)5)32-33(21-13-9-7-10-14-21)22-15-11-8-12-16-22/h7-18,27,33H,6,19H2,1-5H3. The van der Waals surface area contributed by atoms with E-state index in [1.54, 1.807) is 0 Å². The SMILES string of the molecule is CCCOc1ccc2c(C)noc2c1C(O[SiH](c1ccccc1)c1ccccc1)C(C)(C)C. The van der Waals surface area contributed by atoms with Crippen LogP contribution in [0.3, 0.4) is 0 Å². The molecule has 1 unspecified atom stereocenters. The molecule has 0 radical (unpaired) electrons. The van der Waals surface area contributed by atoms with Crippen LogP contribution in [0.2, 0.25) is 0 Å². The fourth-order valence-corrected chi connectivity index (χ4v) is 6.82. The molecule has 0 bridgehead atoms. The Hall–Kier alpha value is -2.89. The van der Waals surface area contributed by atoms with Crippen molar-refractivity contribution in [3.05, 3.63) is 84.1 Å². The molecule has 0 fully saturated rings. The first-order valence-corrected chi connectivity index (χ1v) is 13.3. The van der Waals surface area contributed by atoms with Crippen molar-refractivity contribution >= 4 is 30.4 Å². The summed E-state index contributed by atoms with van der Waals surface area (Å²) < 4.78 is 19.3. The molecule has 0 N–H and O–H groups in total. The lowest BCUT2D eigenvalue weighted by atomic mass is 9.84. The van der Waals surface area contributed by atoms with E-state index in [1.165, 1.54) is 10.4 Å². The maximum atomic E-state index is 7.18. The van der Waals surface area contributed by atoms with E-state index in [4.69, 9.17) is 13.7 Å². The van der Waals surface area contributed by atoms with Gasteiger partial charge in [0.2, 0.25) is 9.04 Å². The van der Waals surface area contributed by atoms with E-state index in [-0.39, 0.29) is 11.5 Å². The molecule has 1 heterocycles. The molecule has 4 aromatic rings. The van der Waals surface area contributed by atoms with Crippen molar-refractivity contribution in [2.75, 3.05) is 6.61 Å². The number of hydrogen-bond donors (Lipinski definition) is 0. The van der Waals surface area contributed by atoms with E-state index in [9.17, 15) is 0 Å². The number of hydrogen-bond acceptors (Lipinski definition) is 4. The largest absolute Gasteiger partial charge is 0.493 e. The third-order valence-corrected chi connectivity index (χ3v) is 8.33. The minimum Gasteiger partial charge on any atom is -0.493 e. The molecule has 1 atom stereocenters. The highest BCUT2D eigenvalue weighted by Gasteiger charge is 2.36. The Kier molecular flexibility index (Phi) is 7.01. The van der Waals surface area contributed by atoms with Crippen LogP contribution in [0.1, 0.15) is 51.5 Å². The predicted octanol–water partition coefficient (Wildman–Crippen LogP) is 5.57. The van der Waals surface area contributed by atoms with Crippen LogP contribution in [0.25, 0.3) is 11.0 Å². The Morgan fingerprint density at radius 3 is 2.06 bits per heavy atom. The van der Waals surface area contributed by atoms with Gasteiger partial charge in [-0.1, -0.05) is 93.5 Å². The lowest BCUT2D eigenvalue weighted by Gasteiger charge is -2.35. The topological polar surface area (TPSA) is 44.5 Å². The quantitative estimate of drug-likeness (QED) is 0.323. The van der Waals surface area contributed by atoms with E-state index >= 15 is 0 Å². The van der Waals surface area contributed by atoms with Gasteiger partial charge in [-0.3, -0.25) is 0 Å². The predicted molar refractivity (Wildman–Crippen MR) is 137 cm³/mol. The van der Waals surface area contributed by atoms with Crippen molar-refractivity contribution in [1.29, 1.82) is 0 Å². The van der Waals surface area contributed by atoms with Crippen LogP contribution in [-0.4, -0.2) is 20.8 Å². The summed E-state index contributed by atoms with van der Waals surface area (Å²) in [7, 11) is -2.02. The van der Waals surface area contributed by atoms with Crippen molar-refractivity contribution in [3.8, 4) is 5.75 Å². The first kappa shape index (κ1) is 23.3. The number of ether oxygens (including phenoxy) is 1. The number of nitrogens with zero attached hydrogens (tertiary/aromatic N) is 1. The van der Waals surface area contributed by atoms with Crippen molar-refractivity contribution in [1.82, 2.24) is 5.16 Å². The number of fused-ring (bicyclic) bond motifs is 1. The average molecular weight is 460 g/mol. The van der Waals surface area contributed by atoms with Crippen molar-refractivity contribution in [3.63, 3.8) is 0 Å². The molecule has 0 saturated carbocycles. The third kappa shape index (κ3) is 5.05. The van der Waals surface area contributed by atoms with E-state index in [2.05, 4.69) is 93.5 Å². The average Bonchev–Trinajstić information content (AvgIpc) is 3.19. The van der Waals surface area contributed by atoms with Gasteiger partial charge in [0.1, 0.15) is 5.75 Å².